The second kappa shape index (κ2) is 18.6. The van der Waals surface area contributed by atoms with Gasteiger partial charge in [-0.25, -0.2) is 9.97 Å². The summed E-state index contributed by atoms with van der Waals surface area (Å²) in [6.07, 6.45) is 5.58. The Hall–Kier alpha value is -5.30. The molecule has 0 saturated carbocycles. The lowest BCUT2D eigenvalue weighted by Crippen LogP contribution is -2.54. The number of hydrogen-bond acceptors (Lipinski definition) is 11. The van der Waals surface area contributed by atoms with Crippen LogP contribution in [-0.4, -0.2) is 127 Å². The molecular formula is C46H54ClN8O6P. The molecule has 0 bridgehead atoms. The molecule has 16 heteroatoms. The van der Waals surface area contributed by atoms with E-state index in [9.17, 15) is 23.7 Å². The van der Waals surface area contributed by atoms with E-state index in [1.165, 1.54) is 4.90 Å². The number of amides is 4. The lowest BCUT2D eigenvalue weighted by atomic mass is 10.0. The average Bonchev–Trinajstić information content (AvgIpc) is 3.59. The van der Waals surface area contributed by atoms with Crippen molar-refractivity contribution in [2.45, 2.75) is 63.6 Å². The smallest absolute Gasteiger partial charge is 0.255 e. The van der Waals surface area contributed by atoms with Crippen molar-refractivity contribution in [1.29, 1.82) is 0 Å². The molecule has 3 fully saturated rings. The molecule has 3 saturated heterocycles. The van der Waals surface area contributed by atoms with Crippen molar-refractivity contribution >= 4 is 59.1 Å². The van der Waals surface area contributed by atoms with Gasteiger partial charge in [0.25, 0.3) is 5.91 Å². The zero-order valence-corrected chi connectivity index (χ0v) is 37.2. The van der Waals surface area contributed by atoms with Crippen molar-refractivity contribution in [3.63, 3.8) is 0 Å². The highest BCUT2D eigenvalue weighted by atomic mass is 35.5. The maximum Gasteiger partial charge on any atom is 0.255 e. The number of halogens is 1. The number of nitrogens with zero attached hydrogens (tertiary/aromatic N) is 6. The van der Waals surface area contributed by atoms with E-state index in [4.69, 9.17) is 21.3 Å². The number of aromatic nitrogens is 2. The van der Waals surface area contributed by atoms with Gasteiger partial charge in [0.05, 0.1) is 17.8 Å². The minimum atomic E-state index is -2.48. The number of piperidine rings is 2. The first kappa shape index (κ1) is 43.4. The van der Waals surface area contributed by atoms with Crippen molar-refractivity contribution in [3.05, 3.63) is 106 Å². The molecule has 3 aromatic carbocycles. The zero-order chi connectivity index (χ0) is 43.5. The fraction of sp³-hybridized carbons (Fsp3) is 0.435. The summed E-state index contributed by atoms with van der Waals surface area (Å²) >= 11 is 6.57. The van der Waals surface area contributed by atoms with Gasteiger partial charge in [-0.1, -0.05) is 41.9 Å². The van der Waals surface area contributed by atoms with Crippen molar-refractivity contribution in [2.24, 2.45) is 0 Å². The number of hydrogen-bond donors (Lipinski definition) is 2. The highest BCUT2D eigenvalue weighted by Crippen LogP contribution is 2.37. The van der Waals surface area contributed by atoms with Crippen LogP contribution in [0.4, 0.5) is 11.4 Å². The van der Waals surface area contributed by atoms with Gasteiger partial charge < -0.3 is 29.3 Å². The van der Waals surface area contributed by atoms with E-state index < -0.39 is 19.1 Å². The summed E-state index contributed by atoms with van der Waals surface area (Å²) in [6.45, 7) is 9.33. The van der Waals surface area contributed by atoms with Gasteiger partial charge in [-0.2, -0.15) is 0 Å². The molecule has 4 aromatic rings. The number of fused-ring (bicyclic) bond motifs is 1. The number of rotatable bonds is 13. The Morgan fingerprint density at radius 1 is 0.935 bits per heavy atom. The summed E-state index contributed by atoms with van der Waals surface area (Å²) in [6, 6.07) is 19.4. The van der Waals surface area contributed by atoms with E-state index >= 15 is 0 Å². The van der Waals surface area contributed by atoms with E-state index in [0.717, 1.165) is 78.1 Å². The van der Waals surface area contributed by atoms with Gasteiger partial charge in [-0.05, 0) is 68.0 Å². The van der Waals surface area contributed by atoms with Crippen LogP contribution in [0.1, 0.15) is 70.7 Å². The summed E-state index contributed by atoms with van der Waals surface area (Å²) in [5.74, 6) is 0.614. The number of nitrogens with one attached hydrogen (secondary N) is 2. The third kappa shape index (κ3) is 9.67. The zero-order valence-electron chi connectivity index (χ0n) is 35.6. The number of piperazine rings is 1. The maximum absolute atomic E-state index is 13.2. The first-order chi connectivity index (χ1) is 29.8. The number of ether oxygens (including phenoxy) is 1. The second-order valence-corrected chi connectivity index (χ2v) is 20.6. The predicted molar refractivity (Wildman–Crippen MR) is 240 cm³/mol. The molecule has 4 aliphatic rings. The fourth-order valence-electron chi connectivity index (χ4n) is 9.25. The SMILES string of the molecule is COc1cc(N2CCC(N3CCN(C(=O)CCNc4ccc5c(c4)CN(C4CCC(=O)NC4=O)C5=O)CC3)CC2)ccc1Cc1ncc(Cl)c(Cc2ccccc2P(C)(C)=O)n1. The van der Waals surface area contributed by atoms with Gasteiger partial charge in [0, 0.05) is 124 Å². The number of imide groups is 1. The minimum Gasteiger partial charge on any atom is -0.496 e. The number of anilines is 2. The van der Waals surface area contributed by atoms with E-state index in [0.29, 0.717) is 80.0 Å². The van der Waals surface area contributed by atoms with Gasteiger partial charge in [0.2, 0.25) is 17.7 Å². The standard InChI is InChI=1S/C46H54ClN8O6P/c1-61-40-27-35(10-8-30(40)26-42-49-28-37(47)38(50-42)25-31-6-4-5-7-41(31)62(2,3)60)52-18-15-34(16-19-52)53-20-22-54(23-21-53)44(57)14-17-48-33-9-11-36-32(24-33)29-55(46(36)59)39-12-13-43(56)51-45(39)58/h4-11,24,27-28,34,39,48H,12-23,25-26,29H2,1-3H3,(H,51,56,58). The average molecular weight is 881 g/mol. The lowest BCUT2D eigenvalue weighted by molar-refractivity contribution is -0.137. The number of carbonyl (C=O) groups is 4. The Balaban J connectivity index is 0.782. The van der Waals surface area contributed by atoms with E-state index in [1.807, 2.05) is 41.3 Å². The summed E-state index contributed by atoms with van der Waals surface area (Å²) in [5.41, 5.74) is 5.97. The molecule has 0 radical (unpaired) electrons. The van der Waals surface area contributed by atoms with Crippen LogP contribution in [0.25, 0.3) is 0 Å². The molecule has 2 N–H and O–H groups in total. The molecule has 14 nitrogen and oxygen atoms in total. The Morgan fingerprint density at radius 3 is 2.45 bits per heavy atom. The van der Waals surface area contributed by atoms with Crippen LogP contribution in [0.5, 0.6) is 5.75 Å². The predicted octanol–water partition coefficient (Wildman–Crippen LogP) is 4.94. The normalized spacial score (nSPS) is 18.8. The molecule has 1 aromatic heterocycles. The van der Waals surface area contributed by atoms with Gasteiger partial charge in [-0.3, -0.25) is 29.4 Å². The molecule has 8 rings (SSSR count). The second-order valence-electron chi connectivity index (χ2n) is 17.0. The van der Waals surface area contributed by atoms with Crippen LogP contribution >= 0.6 is 18.7 Å². The topological polar surface area (TPSA) is 157 Å². The van der Waals surface area contributed by atoms with E-state index in [1.54, 1.807) is 32.7 Å². The van der Waals surface area contributed by atoms with Crippen LogP contribution in [0, 0.1) is 0 Å². The highest BCUT2D eigenvalue weighted by Gasteiger charge is 2.39. The minimum absolute atomic E-state index is 0.125. The third-order valence-electron chi connectivity index (χ3n) is 12.6. The third-order valence-corrected chi connectivity index (χ3v) is 14.5. The quantitative estimate of drug-likeness (QED) is 0.139. The lowest BCUT2D eigenvalue weighted by Gasteiger charge is -2.43. The monoisotopic (exact) mass is 880 g/mol. The first-order valence-corrected chi connectivity index (χ1v) is 24.4. The highest BCUT2D eigenvalue weighted by molar-refractivity contribution is 7.70. The molecule has 0 aliphatic carbocycles. The van der Waals surface area contributed by atoms with Crippen molar-refractivity contribution < 1.29 is 28.5 Å². The first-order valence-electron chi connectivity index (χ1n) is 21.4. The molecular weight excluding hydrogens is 827 g/mol. The number of carbonyl (C=O) groups excluding carboxylic acids is 4. The Kier molecular flexibility index (Phi) is 13.0. The van der Waals surface area contributed by atoms with Gasteiger partial charge in [-0.15, -0.1) is 0 Å². The van der Waals surface area contributed by atoms with Gasteiger partial charge in [0.15, 0.2) is 0 Å². The molecule has 5 heterocycles. The van der Waals surface area contributed by atoms with Crippen LogP contribution in [0.15, 0.2) is 66.9 Å². The van der Waals surface area contributed by atoms with Gasteiger partial charge in [0.1, 0.15) is 24.8 Å². The molecule has 4 amide bonds. The molecule has 1 unspecified atom stereocenters. The summed E-state index contributed by atoms with van der Waals surface area (Å²) in [5, 5.41) is 7.00. The maximum atomic E-state index is 13.2. The number of methoxy groups -OCH3 is 1. The van der Waals surface area contributed by atoms with Gasteiger partial charge >= 0.3 is 0 Å². The molecule has 0 spiro atoms. The van der Waals surface area contributed by atoms with E-state index in [2.05, 4.69) is 43.6 Å². The Morgan fingerprint density at radius 2 is 1.71 bits per heavy atom. The largest absolute Gasteiger partial charge is 0.496 e. The van der Waals surface area contributed by atoms with Crippen molar-refractivity contribution in [1.82, 2.24) is 30.0 Å². The Labute approximate surface area is 367 Å². The van der Waals surface area contributed by atoms with Crippen LogP contribution < -0.4 is 25.6 Å². The summed E-state index contributed by atoms with van der Waals surface area (Å²) in [7, 11) is -0.791. The summed E-state index contributed by atoms with van der Waals surface area (Å²) < 4.78 is 18.8. The molecule has 4 aliphatic heterocycles. The molecule has 326 valence electrons. The van der Waals surface area contributed by atoms with Crippen molar-refractivity contribution in [2.75, 3.05) is 76.5 Å². The molecule has 1 atom stereocenters. The summed E-state index contributed by atoms with van der Waals surface area (Å²) in [4.78, 5) is 68.0. The van der Waals surface area contributed by atoms with Crippen molar-refractivity contribution in [3.8, 4) is 5.75 Å². The van der Waals surface area contributed by atoms with Crippen LogP contribution in [0.3, 0.4) is 0 Å². The number of benzene rings is 3. The Bertz CT molecular complexity index is 2410. The molecule has 62 heavy (non-hydrogen) atoms. The van der Waals surface area contributed by atoms with Crippen LogP contribution in [0.2, 0.25) is 5.02 Å². The fourth-order valence-corrected chi connectivity index (χ4v) is 10.7. The van der Waals surface area contributed by atoms with Crippen LogP contribution in [-0.2, 0) is 38.3 Å². The van der Waals surface area contributed by atoms with E-state index in [-0.39, 0.29) is 24.1 Å².